The van der Waals surface area contributed by atoms with E-state index in [0.29, 0.717) is 12.5 Å². The van der Waals surface area contributed by atoms with E-state index in [4.69, 9.17) is 4.74 Å². The Morgan fingerprint density at radius 2 is 1.74 bits per heavy atom. The topological polar surface area (TPSA) is 9.23 Å². The van der Waals surface area contributed by atoms with Crippen LogP contribution in [0.15, 0.2) is 18.2 Å². The summed E-state index contributed by atoms with van der Waals surface area (Å²) in [5.41, 5.74) is -0.928. The Bertz CT molecular complexity index is 388. The smallest absolute Gasteiger partial charge is 0.419 e. The highest BCUT2D eigenvalue weighted by Gasteiger charge is 2.34. The van der Waals surface area contributed by atoms with Crippen molar-refractivity contribution < 1.29 is 22.3 Å². The predicted molar refractivity (Wildman–Crippen MR) is 65.7 cm³/mol. The minimum atomic E-state index is -4.52. The van der Waals surface area contributed by atoms with Crippen molar-refractivity contribution in [2.75, 3.05) is 6.61 Å². The average Bonchev–Trinajstić information content (AvgIpc) is 2.32. The van der Waals surface area contributed by atoms with Crippen molar-refractivity contribution in [3.8, 4) is 5.75 Å². The van der Waals surface area contributed by atoms with Crippen molar-refractivity contribution in [1.29, 1.82) is 0 Å². The fraction of sp³-hybridized carbons (Fsp3) is 0.571. The molecular formula is C14H18F4O. The van der Waals surface area contributed by atoms with Crippen LogP contribution in [0.4, 0.5) is 17.6 Å². The van der Waals surface area contributed by atoms with Crippen LogP contribution >= 0.6 is 0 Å². The summed E-state index contributed by atoms with van der Waals surface area (Å²) in [6.45, 7) is 2.26. The summed E-state index contributed by atoms with van der Waals surface area (Å²) in [6, 6.07) is 2.29. The number of hydrogen-bond acceptors (Lipinski definition) is 1. The van der Waals surface area contributed by atoms with E-state index in [1.165, 1.54) is 0 Å². The van der Waals surface area contributed by atoms with Gasteiger partial charge in [0.25, 0.3) is 0 Å². The quantitative estimate of drug-likeness (QED) is 0.492. The zero-order chi connectivity index (χ0) is 14.3. The van der Waals surface area contributed by atoms with Gasteiger partial charge in [-0.15, -0.1) is 0 Å². The van der Waals surface area contributed by atoms with Crippen LogP contribution in [-0.4, -0.2) is 6.61 Å². The largest absolute Gasteiger partial charge is 0.493 e. The second kappa shape index (κ2) is 7.36. The van der Waals surface area contributed by atoms with Gasteiger partial charge < -0.3 is 4.74 Å². The number of unbranched alkanes of at least 4 members (excludes halogenated alkanes) is 4. The first-order valence-corrected chi connectivity index (χ1v) is 6.44. The molecule has 0 saturated heterocycles. The zero-order valence-electron chi connectivity index (χ0n) is 10.9. The molecule has 19 heavy (non-hydrogen) atoms. The second-order valence-corrected chi connectivity index (χ2v) is 4.40. The van der Waals surface area contributed by atoms with Gasteiger partial charge in [0, 0.05) is 6.07 Å². The van der Waals surface area contributed by atoms with Crippen molar-refractivity contribution in [2.24, 2.45) is 0 Å². The highest BCUT2D eigenvalue weighted by molar-refractivity contribution is 5.36. The van der Waals surface area contributed by atoms with Gasteiger partial charge in [-0.1, -0.05) is 32.6 Å². The molecule has 0 spiro atoms. The molecule has 0 saturated carbocycles. The molecule has 1 aromatic carbocycles. The Balaban J connectivity index is 2.54. The highest BCUT2D eigenvalue weighted by Crippen LogP contribution is 2.36. The number of alkyl halides is 3. The predicted octanol–water partition coefficient (Wildman–Crippen LogP) is 5.19. The maximum atomic E-state index is 13.0. The maximum absolute atomic E-state index is 13.0. The number of rotatable bonds is 7. The summed E-state index contributed by atoms with van der Waals surface area (Å²) in [6.07, 6.45) is 0.301. The molecule has 0 radical (unpaired) electrons. The highest BCUT2D eigenvalue weighted by atomic mass is 19.4. The lowest BCUT2D eigenvalue weighted by atomic mass is 10.1. The summed E-state index contributed by atoms with van der Waals surface area (Å²) in [5, 5.41) is 0. The third-order valence-electron chi connectivity index (χ3n) is 2.75. The van der Waals surface area contributed by atoms with Crippen LogP contribution in [0.5, 0.6) is 5.75 Å². The van der Waals surface area contributed by atoms with Crippen LogP contribution in [-0.2, 0) is 6.18 Å². The molecule has 1 rings (SSSR count). The molecule has 0 fully saturated rings. The van der Waals surface area contributed by atoms with Crippen LogP contribution in [0.2, 0.25) is 0 Å². The molecule has 0 aromatic heterocycles. The van der Waals surface area contributed by atoms with Crippen molar-refractivity contribution in [3.63, 3.8) is 0 Å². The summed E-state index contributed by atoms with van der Waals surface area (Å²) < 4.78 is 56.0. The van der Waals surface area contributed by atoms with Gasteiger partial charge in [-0.25, -0.2) is 4.39 Å². The van der Waals surface area contributed by atoms with E-state index in [-0.39, 0.29) is 6.61 Å². The lowest BCUT2D eigenvalue weighted by Gasteiger charge is -2.13. The summed E-state index contributed by atoms with van der Waals surface area (Å²) in [7, 11) is 0. The monoisotopic (exact) mass is 278 g/mol. The standard InChI is InChI=1S/C14H18F4O/c1-2-3-4-5-6-9-19-13-10-11(15)7-8-12(13)14(16,17)18/h7-8,10H,2-6,9H2,1H3. The van der Waals surface area contributed by atoms with E-state index in [9.17, 15) is 17.6 Å². The Morgan fingerprint density at radius 1 is 1.05 bits per heavy atom. The first kappa shape index (κ1) is 15.8. The SMILES string of the molecule is CCCCCCCOc1cc(F)ccc1C(F)(F)F. The van der Waals surface area contributed by atoms with E-state index in [0.717, 1.165) is 37.8 Å². The molecule has 0 atom stereocenters. The van der Waals surface area contributed by atoms with Gasteiger partial charge >= 0.3 is 6.18 Å². The molecule has 0 aliphatic heterocycles. The van der Waals surface area contributed by atoms with Gasteiger partial charge in [0.1, 0.15) is 11.6 Å². The van der Waals surface area contributed by atoms with Crippen LogP contribution < -0.4 is 4.74 Å². The van der Waals surface area contributed by atoms with Crippen LogP contribution in [0, 0.1) is 5.82 Å². The molecule has 0 amide bonds. The van der Waals surface area contributed by atoms with Crippen molar-refractivity contribution in [3.05, 3.63) is 29.6 Å². The van der Waals surface area contributed by atoms with E-state index < -0.39 is 23.3 Å². The van der Waals surface area contributed by atoms with E-state index >= 15 is 0 Å². The fourth-order valence-electron chi connectivity index (χ4n) is 1.74. The second-order valence-electron chi connectivity index (χ2n) is 4.40. The minimum Gasteiger partial charge on any atom is -0.493 e. The van der Waals surface area contributed by atoms with Crippen molar-refractivity contribution in [1.82, 2.24) is 0 Å². The van der Waals surface area contributed by atoms with Crippen LogP contribution in [0.1, 0.15) is 44.6 Å². The van der Waals surface area contributed by atoms with E-state index in [2.05, 4.69) is 6.92 Å². The van der Waals surface area contributed by atoms with E-state index in [1.54, 1.807) is 0 Å². The molecule has 5 heteroatoms. The normalized spacial score (nSPS) is 11.6. The number of ether oxygens (including phenoxy) is 1. The molecule has 0 N–H and O–H groups in total. The summed E-state index contributed by atoms with van der Waals surface area (Å²) in [5.74, 6) is -1.16. The average molecular weight is 278 g/mol. The van der Waals surface area contributed by atoms with Crippen molar-refractivity contribution >= 4 is 0 Å². The molecule has 1 aromatic rings. The maximum Gasteiger partial charge on any atom is 0.419 e. The molecular weight excluding hydrogens is 260 g/mol. The first-order valence-electron chi connectivity index (χ1n) is 6.44. The third kappa shape index (κ3) is 5.49. The number of hydrogen-bond donors (Lipinski definition) is 0. The van der Waals surface area contributed by atoms with Crippen LogP contribution in [0.3, 0.4) is 0 Å². The fourth-order valence-corrected chi connectivity index (χ4v) is 1.74. The molecule has 0 heterocycles. The van der Waals surface area contributed by atoms with Crippen LogP contribution in [0.25, 0.3) is 0 Å². The van der Waals surface area contributed by atoms with Gasteiger partial charge in [0.05, 0.1) is 12.2 Å². The Hall–Kier alpha value is -1.26. The van der Waals surface area contributed by atoms with Gasteiger partial charge in [-0.3, -0.25) is 0 Å². The van der Waals surface area contributed by atoms with Gasteiger partial charge in [0.2, 0.25) is 0 Å². The Labute approximate surface area is 110 Å². The minimum absolute atomic E-state index is 0.177. The first-order chi connectivity index (χ1) is 8.95. The Morgan fingerprint density at radius 3 is 2.37 bits per heavy atom. The number of halogens is 4. The van der Waals surface area contributed by atoms with Gasteiger partial charge in [-0.2, -0.15) is 13.2 Å². The third-order valence-corrected chi connectivity index (χ3v) is 2.75. The zero-order valence-corrected chi connectivity index (χ0v) is 10.9. The number of benzene rings is 1. The summed E-state index contributed by atoms with van der Waals surface area (Å²) in [4.78, 5) is 0. The van der Waals surface area contributed by atoms with Gasteiger partial charge in [-0.05, 0) is 18.6 Å². The molecule has 1 nitrogen and oxygen atoms in total. The lowest BCUT2D eigenvalue weighted by Crippen LogP contribution is -2.09. The molecule has 0 unspecified atom stereocenters. The van der Waals surface area contributed by atoms with Gasteiger partial charge in [0.15, 0.2) is 0 Å². The van der Waals surface area contributed by atoms with Crippen molar-refractivity contribution in [2.45, 2.75) is 45.2 Å². The summed E-state index contributed by atoms with van der Waals surface area (Å²) >= 11 is 0. The van der Waals surface area contributed by atoms with E-state index in [1.807, 2.05) is 0 Å². The molecule has 108 valence electrons. The lowest BCUT2D eigenvalue weighted by molar-refractivity contribution is -0.139. The molecule has 0 aliphatic carbocycles. The molecule has 0 bridgehead atoms. The Kier molecular flexibility index (Phi) is 6.12. The molecule has 0 aliphatic rings.